The molecule has 2 fully saturated rings. The molecule has 5 nitrogen and oxygen atoms in total. The molecule has 1 aromatic rings. The summed E-state index contributed by atoms with van der Waals surface area (Å²) in [6.45, 7) is 4.10. The zero-order chi connectivity index (χ0) is 14.1. The molecule has 0 spiro atoms. The third kappa shape index (κ3) is 2.67. The Kier molecular flexibility index (Phi) is 3.94. The van der Waals surface area contributed by atoms with Gasteiger partial charge in [-0.25, -0.2) is 0 Å². The standard InChI is InChI=1S/C14H18BrN3O2/c15-11-4-5-13(14(9-11)18(19)20)17-8-2-7-16-6-1-3-12(16)10-17/h4-5,9,12H,1-3,6-8,10H2. The van der Waals surface area contributed by atoms with E-state index >= 15 is 0 Å². The van der Waals surface area contributed by atoms with E-state index in [1.165, 1.54) is 19.4 Å². The van der Waals surface area contributed by atoms with Crippen molar-refractivity contribution in [3.05, 3.63) is 32.8 Å². The van der Waals surface area contributed by atoms with Crippen LogP contribution in [0.2, 0.25) is 0 Å². The zero-order valence-electron chi connectivity index (χ0n) is 11.3. The van der Waals surface area contributed by atoms with Crippen molar-refractivity contribution < 1.29 is 4.92 Å². The zero-order valence-corrected chi connectivity index (χ0v) is 12.9. The van der Waals surface area contributed by atoms with Gasteiger partial charge in [-0.05, 0) is 37.9 Å². The van der Waals surface area contributed by atoms with Crippen LogP contribution in [0.5, 0.6) is 0 Å². The Hall–Kier alpha value is -1.14. The number of anilines is 1. The van der Waals surface area contributed by atoms with Gasteiger partial charge < -0.3 is 4.90 Å². The molecule has 3 rings (SSSR count). The van der Waals surface area contributed by atoms with Crippen molar-refractivity contribution in [2.45, 2.75) is 25.3 Å². The van der Waals surface area contributed by atoms with Gasteiger partial charge in [0.2, 0.25) is 0 Å². The van der Waals surface area contributed by atoms with Gasteiger partial charge in [0.05, 0.1) is 4.92 Å². The maximum absolute atomic E-state index is 11.3. The molecule has 1 aromatic carbocycles. The van der Waals surface area contributed by atoms with Crippen LogP contribution in [0.15, 0.2) is 22.7 Å². The van der Waals surface area contributed by atoms with Crippen LogP contribution < -0.4 is 4.90 Å². The molecule has 2 aliphatic rings. The second-order valence-electron chi connectivity index (χ2n) is 5.52. The number of rotatable bonds is 2. The lowest BCUT2D eigenvalue weighted by Crippen LogP contribution is -2.36. The van der Waals surface area contributed by atoms with Crippen molar-refractivity contribution in [2.75, 3.05) is 31.1 Å². The lowest BCUT2D eigenvalue weighted by molar-refractivity contribution is -0.384. The van der Waals surface area contributed by atoms with Gasteiger partial charge in [0.1, 0.15) is 5.69 Å². The second kappa shape index (κ2) is 5.69. The Morgan fingerprint density at radius 2 is 2.05 bits per heavy atom. The largest absolute Gasteiger partial charge is 0.364 e. The van der Waals surface area contributed by atoms with Gasteiger partial charge in [-0.3, -0.25) is 15.0 Å². The number of fused-ring (bicyclic) bond motifs is 1. The van der Waals surface area contributed by atoms with Gasteiger partial charge >= 0.3 is 0 Å². The molecule has 108 valence electrons. The van der Waals surface area contributed by atoms with Crippen molar-refractivity contribution in [3.63, 3.8) is 0 Å². The number of benzene rings is 1. The summed E-state index contributed by atoms with van der Waals surface area (Å²) >= 11 is 3.32. The van der Waals surface area contributed by atoms with E-state index in [2.05, 4.69) is 25.7 Å². The average Bonchev–Trinajstić information content (AvgIpc) is 2.76. The summed E-state index contributed by atoms with van der Waals surface area (Å²) in [4.78, 5) is 15.7. The Morgan fingerprint density at radius 1 is 1.25 bits per heavy atom. The molecule has 0 saturated carbocycles. The van der Waals surface area contributed by atoms with Crippen molar-refractivity contribution in [1.82, 2.24) is 4.90 Å². The number of nitro groups is 1. The number of hydrogen-bond acceptors (Lipinski definition) is 4. The molecular formula is C14H18BrN3O2. The molecular weight excluding hydrogens is 322 g/mol. The maximum Gasteiger partial charge on any atom is 0.293 e. The summed E-state index contributed by atoms with van der Waals surface area (Å²) in [7, 11) is 0. The van der Waals surface area contributed by atoms with Gasteiger partial charge in [0.25, 0.3) is 5.69 Å². The van der Waals surface area contributed by atoms with Gasteiger partial charge in [-0.1, -0.05) is 15.9 Å². The molecule has 0 aromatic heterocycles. The van der Waals surface area contributed by atoms with E-state index in [0.717, 1.165) is 36.2 Å². The van der Waals surface area contributed by atoms with E-state index in [-0.39, 0.29) is 10.6 Å². The molecule has 2 saturated heterocycles. The summed E-state index contributed by atoms with van der Waals surface area (Å²) in [6.07, 6.45) is 3.53. The van der Waals surface area contributed by atoms with Gasteiger partial charge in [-0.15, -0.1) is 0 Å². The van der Waals surface area contributed by atoms with Crippen molar-refractivity contribution in [2.24, 2.45) is 0 Å². The summed E-state index contributed by atoms with van der Waals surface area (Å²) in [6, 6.07) is 5.92. The van der Waals surface area contributed by atoms with Crippen molar-refractivity contribution in [1.29, 1.82) is 0 Å². The van der Waals surface area contributed by atoms with Crippen LogP contribution >= 0.6 is 15.9 Å². The minimum atomic E-state index is -0.280. The van der Waals surface area contributed by atoms with Gasteiger partial charge in [0.15, 0.2) is 0 Å². The summed E-state index contributed by atoms with van der Waals surface area (Å²) in [5.74, 6) is 0. The molecule has 0 aliphatic carbocycles. The highest BCUT2D eigenvalue weighted by atomic mass is 79.9. The number of nitro benzene ring substituents is 1. The Balaban J connectivity index is 1.89. The van der Waals surface area contributed by atoms with Crippen LogP contribution in [0.1, 0.15) is 19.3 Å². The summed E-state index contributed by atoms with van der Waals surface area (Å²) < 4.78 is 0.755. The van der Waals surface area contributed by atoms with Crippen LogP contribution in [0.3, 0.4) is 0 Å². The first kappa shape index (κ1) is 13.8. The van der Waals surface area contributed by atoms with E-state index < -0.39 is 0 Å². The molecule has 20 heavy (non-hydrogen) atoms. The molecule has 6 heteroatoms. The van der Waals surface area contributed by atoms with E-state index in [0.29, 0.717) is 6.04 Å². The van der Waals surface area contributed by atoms with Gasteiger partial charge in [-0.2, -0.15) is 0 Å². The average molecular weight is 340 g/mol. The highest BCUT2D eigenvalue weighted by molar-refractivity contribution is 9.10. The van der Waals surface area contributed by atoms with E-state index in [1.807, 2.05) is 12.1 Å². The monoisotopic (exact) mass is 339 g/mol. The lowest BCUT2D eigenvalue weighted by Gasteiger charge is -2.27. The predicted octanol–water partition coefficient (Wildman–Crippen LogP) is 3.03. The fourth-order valence-electron chi connectivity index (χ4n) is 3.34. The van der Waals surface area contributed by atoms with Gasteiger partial charge in [0, 0.05) is 36.2 Å². The minimum Gasteiger partial charge on any atom is -0.364 e. The SMILES string of the molecule is O=[N+]([O-])c1cc(Br)ccc1N1CCCN2CCCC2C1. The first-order chi connectivity index (χ1) is 9.65. The maximum atomic E-state index is 11.3. The number of hydrogen-bond donors (Lipinski definition) is 0. The quantitative estimate of drug-likeness (QED) is 0.613. The number of halogens is 1. The normalized spacial score (nSPS) is 23.4. The smallest absolute Gasteiger partial charge is 0.293 e. The van der Waals surface area contributed by atoms with Crippen molar-refractivity contribution in [3.8, 4) is 0 Å². The van der Waals surface area contributed by atoms with E-state index in [4.69, 9.17) is 0 Å². The lowest BCUT2D eigenvalue weighted by atomic mass is 10.2. The molecule has 0 amide bonds. The first-order valence-electron chi connectivity index (χ1n) is 7.08. The molecule has 1 unspecified atom stereocenters. The van der Waals surface area contributed by atoms with Crippen LogP contribution in [0.4, 0.5) is 11.4 Å². The highest BCUT2D eigenvalue weighted by Crippen LogP contribution is 2.33. The van der Waals surface area contributed by atoms with Crippen LogP contribution in [-0.2, 0) is 0 Å². The van der Waals surface area contributed by atoms with E-state index in [1.54, 1.807) is 6.07 Å². The first-order valence-corrected chi connectivity index (χ1v) is 7.87. The Morgan fingerprint density at radius 3 is 2.85 bits per heavy atom. The molecule has 2 aliphatic heterocycles. The topological polar surface area (TPSA) is 49.6 Å². The van der Waals surface area contributed by atoms with Crippen molar-refractivity contribution >= 4 is 27.3 Å². The second-order valence-corrected chi connectivity index (χ2v) is 6.44. The fourth-order valence-corrected chi connectivity index (χ4v) is 3.68. The van der Waals surface area contributed by atoms with E-state index in [9.17, 15) is 10.1 Å². The third-order valence-corrected chi connectivity index (χ3v) is 4.77. The summed E-state index contributed by atoms with van der Waals surface area (Å²) in [5.41, 5.74) is 0.956. The van der Waals surface area contributed by atoms with Crippen LogP contribution in [-0.4, -0.2) is 42.0 Å². The molecule has 0 bridgehead atoms. The minimum absolute atomic E-state index is 0.200. The molecule has 2 heterocycles. The Bertz CT molecular complexity index is 523. The highest BCUT2D eigenvalue weighted by Gasteiger charge is 2.30. The number of nitrogens with zero attached hydrogens (tertiary/aromatic N) is 3. The summed E-state index contributed by atoms with van der Waals surface area (Å²) in [5, 5.41) is 11.3. The van der Waals surface area contributed by atoms with Crippen LogP contribution in [0.25, 0.3) is 0 Å². The molecule has 0 N–H and O–H groups in total. The Labute approximate surface area is 126 Å². The predicted molar refractivity (Wildman–Crippen MR) is 82.2 cm³/mol. The van der Waals surface area contributed by atoms with Crippen LogP contribution in [0, 0.1) is 10.1 Å². The third-order valence-electron chi connectivity index (χ3n) is 4.28. The molecule has 0 radical (unpaired) electrons. The molecule has 1 atom stereocenters. The fraction of sp³-hybridized carbons (Fsp3) is 0.571.